The Morgan fingerprint density at radius 3 is 1.58 bits per heavy atom. The molecule has 0 N–H and O–H groups in total. The molecule has 2 nitrogen and oxygen atoms in total. The molecule has 0 aliphatic heterocycles. The topological polar surface area (TPSA) is 30.0 Å². The van der Waals surface area contributed by atoms with E-state index < -0.39 is 0 Å². The van der Waals surface area contributed by atoms with Gasteiger partial charge in [-0.15, -0.1) is 0 Å². The third-order valence-electron chi connectivity index (χ3n) is 3.55. The highest BCUT2D eigenvalue weighted by molar-refractivity contribution is 9.10. The summed E-state index contributed by atoms with van der Waals surface area (Å²) in [6.07, 6.45) is 0. The monoisotopic (exact) mass is 507 g/mol. The molecule has 0 saturated heterocycles. The average molecular weight is 510 g/mol. The van der Waals surface area contributed by atoms with Crippen LogP contribution in [0.2, 0.25) is 0 Å². The van der Waals surface area contributed by atoms with Gasteiger partial charge in [-0.05, 0) is 36.4 Å². The summed E-state index contributed by atoms with van der Waals surface area (Å²) in [7, 11) is 0. The van der Waals surface area contributed by atoms with Crippen molar-refractivity contribution in [3.63, 3.8) is 0 Å². The lowest BCUT2D eigenvalue weighted by molar-refractivity contribution is 0.102. The SMILES string of the molecule is O=C(CBr)c1cc(-c2ccc(Br)cc2)nc(-c2ccc(Br)cc2)c1. The van der Waals surface area contributed by atoms with Gasteiger partial charge in [0.25, 0.3) is 0 Å². The molecule has 5 heteroatoms. The van der Waals surface area contributed by atoms with Crippen LogP contribution in [0, 0.1) is 0 Å². The number of Topliss-reactive ketones (excluding diaryl/α,β-unsaturated/α-hetero) is 1. The first kappa shape index (κ1) is 17.5. The number of alkyl halides is 1. The summed E-state index contributed by atoms with van der Waals surface area (Å²) in [5.74, 6) is 0.0362. The van der Waals surface area contributed by atoms with Crippen LogP contribution in [-0.4, -0.2) is 16.1 Å². The summed E-state index contributed by atoms with van der Waals surface area (Å²) in [6, 6.07) is 19.5. The Morgan fingerprint density at radius 1 is 0.792 bits per heavy atom. The van der Waals surface area contributed by atoms with E-state index >= 15 is 0 Å². The molecule has 0 radical (unpaired) electrons. The largest absolute Gasteiger partial charge is 0.293 e. The molecule has 0 saturated carbocycles. The van der Waals surface area contributed by atoms with E-state index in [4.69, 9.17) is 4.98 Å². The lowest BCUT2D eigenvalue weighted by Gasteiger charge is -2.09. The highest BCUT2D eigenvalue weighted by atomic mass is 79.9. The number of halogens is 3. The van der Waals surface area contributed by atoms with Crippen LogP contribution in [0.5, 0.6) is 0 Å². The molecule has 0 amide bonds. The molecule has 120 valence electrons. The second-order valence-electron chi connectivity index (χ2n) is 5.20. The van der Waals surface area contributed by atoms with Crippen LogP contribution >= 0.6 is 47.8 Å². The Bertz CT molecular complexity index is 810. The van der Waals surface area contributed by atoms with E-state index in [1.54, 1.807) is 0 Å². The lowest BCUT2D eigenvalue weighted by Crippen LogP contribution is -2.02. The molecule has 24 heavy (non-hydrogen) atoms. The molecule has 0 unspecified atom stereocenters. The number of nitrogens with zero attached hydrogens (tertiary/aromatic N) is 1. The molecular weight excluding hydrogens is 498 g/mol. The minimum atomic E-state index is 0.0362. The second kappa shape index (κ2) is 7.72. The maximum Gasteiger partial charge on any atom is 0.173 e. The lowest BCUT2D eigenvalue weighted by atomic mass is 10.0. The summed E-state index contributed by atoms with van der Waals surface area (Å²) in [5.41, 5.74) is 4.17. The molecule has 0 aliphatic carbocycles. The van der Waals surface area contributed by atoms with Crippen LogP contribution in [0.25, 0.3) is 22.5 Å². The van der Waals surface area contributed by atoms with Gasteiger partial charge in [-0.2, -0.15) is 0 Å². The molecule has 0 spiro atoms. The standard InChI is InChI=1S/C19H12Br3NO/c20-11-19(24)14-9-17(12-1-5-15(21)6-2-12)23-18(10-14)13-3-7-16(22)8-4-13/h1-10H,11H2. The Morgan fingerprint density at radius 2 is 1.21 bits per heavy atom. The highest BCUT2D eigenvalue weighted by Crippen LogP contribution is 2.27. The fourth-order valence-corrected chi connectivity index (χ4v) is 3.16. The number of hydrogen-bond donors (Lipinski definition) is 0. The number of benzene rings is 2. The van der Waals surface area contributed by atoms with Crippen LogP contribution in [0.4, 0.5) is 0 Å². The first-order valence-corrected chi connectivity index (χ1v) is 9.91. The van der Waals surface area contributed by atoms with Gasteiger partial charge in [-0.25, -0.2) is 4.98 Å². The Labute approximate surface area is 165 Å². The number of carbonyl (C=O) groups excluding carboxylic acids is 1. The molecule has 0 atom stereocenters. The minimum absolute atomic E-state index is 0.0362. The van der Waals surface area contributed by atoms with E-state index in [0.717, 1.165) is 31.5 Å². The van der Waals surface area contributed by atoms with E-state index in [1.807, 2.05) is 60.7 Å². The normalized spacial score (nSPS) is 10.6. The predicted octanol–water partition coefficient (Wildman–Crippen LogP) is 6.52. The maximum atomic E-state index is 12.2. The zero-order valence-electron chi connectivity index (χ0n) is 12.5. The van der Waals surface area contributed by atoms with Crippen molar-refractivity contribution in [2.24, 2.45) is 0 Å². The summed E-state index contributed by atoms with van der Waals surface area (Å²) < 4.78 is 2.01. The minimum Gasteiger partial charge on any atom is -0.293 e. The molecule has 0 fully saturated rings. The third kappa shape index (κ3) is 4.02. The van der Waals surface area contributed by atoms with Crippen molar-refractivity contribution < 1.29 is 4.79 Å². The van der Waals surface area contributed by atoms with Crippen molar-refractivity contribution in [3.05, 3.63) is 75.2 Å². The van der Waals surface area contributed by atoms with Crippen LogP contribution in [-0.2, 0) is 0 Å². The van der Waals surface area contributed by atoms with Gasteiger partial charge in [0.2, 0.25) is 0 Å². The molecule has 0 bridgehead atoms. The fraction of sp³-hybridized carbons (Fsp3) is 0.0526. The Hall–Kier alpha value is -1.30. The first-order chi connectivity index (χ1) is 11.6. The van der Waals surface area contributed by atoms with Gasteiger partial charge in [0, 0.05) is 25.6 Å². The number of carbonyl (C=O) groups is 1. The van der Waals surface area contributed by atoms with Gasteiger partial charge in [-0.3, -0.25) is 4.79 Å². The van der Waals surface area contributed by atoms with Crippen molar-refractivity contribution in [1.29, 1.82) is 0 Å². The van der Waals surface area contributed by atoms with Gasteiger partial charge >= 0.3 is 0 Å². The summed E-state index contributed by atoms with van der Waals surface area (Å²) in [4.78, 5) is 17.0. The number of aromatic nitrogens is 1. The summed E-state index contributed by atoms with van der Waals surface area (Å²) in [5, 5.41) is 0.288. The molecule has 2 aromatic carbocycles. The van der Waals surface area contributed by atoms with Crippen molar-refractivity contribution in [2.75, 3.05) is 5.33 Å². The highest BCUT2D eigenvalue weighted by Gasteiger charge is 2.11. The van der Waals surface area contributed by atoms with E-state index in [-0.39, 0.29) is 11.1 Å². The van der Waals surface area contributed by atoms with Crippen LogP contribution in [0.1, 0.15) is 10.4 Å². The molecule has 1 aromatic heterocycles. The van der Waals surface area contributed by atoms with Gasteiger partial charge in [0.05, 0.1) is 16.7 Å². The molecule has 3 rings (SSSR count). The number of pyridine rings is 1. The van der Waals surface area contributed by atoms with Gasteiger partial charge in [0.15, 0.2) is 5.78 Å². The van der Waals surface area contributed by atoms with E-state index in [9.17, 15) is 4.79 Å². The summed E-state index contributed by atoms with van der Waals surface area (Å²) >= 11 is 10.1. The molecule has 0 aliphatic rings. The van der Waals surface area contributed by atoms with Crippen molar-refractivity contribution in [1.82, 2.24) is 4.98 Å². The molecule has 3 aromatic rings. The Kier molecular flexibility index (Phi) is 5.64. The van der Waals surface area contributed by atoms with Crippen LogP contribution in [0.15, 0.2) is 69.6 Å². The van der Waals surface area contributed by atoms with Crippen LogP contribution < -0.4 is 0 Å². The smallest absolute Gasteiger partial charge is 0.173 e. The third-order valence-corrected chi connectivity index (χ3v) is 5.12. The zero-order valence-corrected chi connectivity index (χ0v) is 17.2. The van der Waals surface area contributed by atoms with E-state index in [2.05, 4.69) is 47.8 Å². The quantitative estimate of drug-likeness (QED) is 0.296. The number of rotatable bonds is 4. The van der Waals surface area contributed by atoms with Crippen molar-refractivity contribution in [3.8, 4) is 22.5 Å². The van der Waals surface area contributed by atoms with Crippen LogP contribution in [0.3, 0.4) is 0 Å². The van der Waals surface area contributed by atoms with Gasteiger partial charge < -0.3 is 0 Å². The maximum absolute atomic E-state index is 12.2. The average Bonchev–Trinajstić information content (AvgIpc) is 2.62. The van der Waals surface area contributed by atoms with Gasteiger partial charge in [0.1, 0.15) is 0 Å². The molecular formula is C19H12Br3NO. The summed E-state index contributed by atoms with van der Waals surface area (Å²) in [6.45, 7) is 0. The second-order valence-corrected chi connectivity index (χ2v) is 7.59. The molecule has 1 heterocycles. The van der Waals surface area contributed by atoms with Crippen molar-refractivity contribution in [2.45, 2.75) is 0 Å². The van der Waals surface area contributed by atoms with E-state index in [0.29, 0.717) is 5.56 Å². The fourth-order valence-electron chi connectivity index (χ4n) is 2.31. The zero-order chi connectivity index (χ0) is 17.1. The van der Waals surface area contributed by atoms with Gasteiger partial charge in [-0.1, -0.05) is 72.1 Å². The first-order valence-electron chi connectivity index (χ1n) is 7.20. The van der Waals surface area contributed by atoms with E-state index in [1.165, 1.54) is 0 Å². The number of hydrogen-bond acceptors (Lipinski definition) is 2. The number of ketones is 1. The Balaban J connectivity index is 2.14. The predicted molar refractivity (Wildman–Crippen MR) is 109 cm³/mol. The van der Waals surface area contributed by atoms with Crippen molar-refractivity contribution >= 4 is 53.6 Å².